The molecule has 296 valence electrons. The first-order valence-corrected chi connectivity index (χ1v) is 18.4. The van der Waals surface area contributed by atoms with Gasteiger partial charge >= 0.3 is 35.8 Å². The largest absolute Gasteiger partial charge is 0.490 e. The second kappa shape index (κ2) is 19.2. The molecule has 0 radical (unpaired) electrons. The minimum Gasteiger partial charge on any atom is -0.490 e. The van der Waals surface area contributed by atoms with Gasteiger partial charge in [0.05, 0.1) is 12.7 Å². The van der Waals surface area contributed by atoms with E-state index < -0.39 is 72.9 Å². The Bertz CT molecular complexity index is 1490. The fourth-order valence-electron chi connectivity index (χ4n) is 5.95. The lowest BCUT2D eigenvalue weighted by Crippen LogP contribution is -2.61. The summed E-state index contributed by atoms with van der Waals surface area (Å²) in [6.07, 6.45) is -6.77. The highest BCUT2D eigenvalue weighted by Crippen LogP contribution is 2.52. The molecule has 0 spiro atoms. The molecule has 3 rings (SSSR count). The summed E-state index contributed by atoms with van der Waals surface area (Å²) < 4.78 is 47.1. The second-order valence-electron chi connectivity index (χ2n) is 15.7. The maximum atomic E-state index is 13.9. The smallest absolute Gasteiger partial charge is 0.339 e. The van der Waals surface area contributed by atoms with E-state index in [9.17, 15) is 28.8 Å². The molecule has 0 bridgehead atoms. The Kier molecular flexibility index (Phi) is 15.7. The van der Waals surface area contributed by atoms with Crippen molar-refractivity contribution in [2.24, 2.45) is 29.6 Å². The van der Waals surface area contributed by atoms with Gasteiger partial charge in [-0.2, -0.15) is 0 Å². The molecule has 1 saturated heterocycles. The van der Waals surface area contributed by atoms with Crippen molar-refractivity contribution in [2.75, 3.05) is 13.7 Å². The molecule has 1 aromatic carbocycles. The van der Waals surface area contributed by atoms with Gasteiger partial charge < -0.3 is 37.9 Å². The third kappa shape index (κ3) is 12.2. The van der Waals surface area contributed by atoms with Gasteiger partial charge in [-0.25, -0.2) is 4.79 Å². The van der Waals surface area contributed by atoms with Crippen molar-refractivity contribution in [3.05, 3.63) is 17.2 Å². The summed E-state index contributed by atoms with van der Waals surface area (Å²) in [4.78, 5) is 79.3. The maximum Gasteiger partial charge on any atom is 0.339 e. The van der Waals surface area contributed by atoms with Gasteiger partial charge in [0.1, 0.15) is 18.8 Å². The molecule has 2 heterocycles. The van der Waals surface area contributed by atoms with E-state index in [0.717, 1.165) is 0 Å². The number of carbonyl (C=O) groups is 6. The molecule has 2 aliphatic rings. The number of rotatable bonds is 17. The maximum absolute atomic E-state index is 13.9. The van der Waals surface area contributed by atoms with E-state index in [1.54, 1.807) is 0 Å². The monoisotopic (exact) mass is 748 g/mol. The Hall–Kier alpha value is -4.20. The third-order valence-corrected chi connectivity index (χ3v) is 8.08. The molecule has 0 aromatic heterocycles. The molecule has 0 N–H and O–H groups in total. The highest BCUT2D eigenvalue weighted by atomic mass is 16.7. The van der Waals surface area contributed by atoms with Gasteiger partial charge in [0.2, 0.25) is 5.75 Å². The van der Waals surface area contributed by atoms with Crippen LogP contribution >= 0.6 is 0 Å². The zero-order valence-electron chi connectivity index (χ0n) is 32.8. The normalized spacial score (nSPS) is 20.8. The summed E-state index contributed by atoms with van der Waals surface area (Å²) in [7, 11) is 1.28. The zero-order chi connectivity index (χ0) is 39.7. The van der Waals surface area contributed by atoms with Crippen LogP contribution in [0.5, 0.6) is 17.2 Å². The van der Waals surface area contributed by atoms with Gasteiger partial charge in [0.15, 0.2) is 29.8 Å². The van der Waals surface area contributed by atoms with Crippen LogP contribution in [0.2, 0.25) is 0 Å². The van der Waals surface area contributed by atoms with Crippen molar-refractivity contribution in [1.82, 2.24) is 0 Å². The van der Waals surface area contributed by atoms with E-state index in [1.807, 2.05) is 69.2 Å². The number of carbonyl (C=O) groups excluding carboxylic acids is 6. The average Bonchev–Trinajstić information content (AvgIpc) is 2.99. The van der Waals surface area contributed by atoms with Crippen LogP contribution in [0.4, 0.5) is 0 Å². The average molecular weight is 749 g/mol. The number of methoxy groups -OCH3 is 1. The fourth-order valence-corrected chi connectivity index (χ4v) is 5.95. The Morgan fingerprint density at radius 3 is 1.62 bits per heavy atom. The number of benzene rings is 1. The van der Waals surface area contributed by atoms with Crippen LogP contribution in [-0.4, -0.2) is 73.9 Å². The molecule has 1 fully saturated rings. The quantitative estimate of drug-likeness (QED) is 0.102. The minimum absolute atomic E-state index is 0.00515. The van der Waals surface area contributed by atoms with E-state index in [1.165, 1.54) is 13.2 Å². The van der Waals surface area contributed by atoms with Crippen LogP contribution in [0.3, 0.4) is 0 Å². The van der Waals surface area contributed by atoms with Crippen LogP contribution in [0, 0.1) is 29.6 Å². The Labute approximate surface area is 311 Å². The van der Waals surface area contributed by atoms with Crippen molar-refractivity contribution in [2.45, 2.75) is 132 Å². The lowest BCUT2D eigenvalue weighted by Gasteiger charge is -2.47. The molecule has 14 nitrogen and oxygen atoms in total. The standard InChI is InChI=1S/C39H56O14/c1-19(2)12-27(40)47-18-26-34(50-29(42)14-21(5)6)37(52-31(44)16-23(9)10)38-36(49-26)32-24(39(45)53-38)17-25(48-28(41)13-20(3)4)33(46-11)35(32)51-30(43)15-22(7)8/h17,19-23,26,34,36-38H,12-16,18H2,1-11H3/t26-,34-,36+,37+,38+/m1/s1. The lowest BCUT2D eigenvalue weighted by atomic mass is 9.85. The molecule has 0 aliphatic carbocycles. The highest BCUT2D eigenvalue weighted by molar-refractivity contribution is 5.96. The van der Waals surface area contributed by atoms with Gasteiger partial charge in [-0.05, 0) is 35.7 Å². The molecule has 5 atom stereocenters. The SMILES string of the molecule is COc1c(OC(=O)CC(C)C)cc2c(c1OC(=O)CC(C)C)[C@@H]1O[C@H](COC(=O)CC(C)C)[C@@H](OC(=O)CC(C)C)[C@H](OC(=O)CC(C)C)[C@H]1OC2=O. The molecular weight excluding hydrogens is 692 g/mol. The predicted octanol–water partition coefficient (Wildman–Crippen LogP) is 6.08. The molecule has 1 aromatic rings. The molecule has 0 unspecified atom stereocenters. The van der Waals surface area contributed by atoms with E-state index >= 15 is 0 Å². The Morgan fingerprint density at radius 1 is 0.642 bits per heavy atom. The van der Waals surface area contributed by atoms with Crippen LogP contribution in [0.25, 0.3) is 0 Å². The number of esters is 6. The summed E-state index contributed by atoms with van der Waals surface area (Å²) in [5, 5.41) is 0. The van der Waals surface area contributed by atoms with Crippen LogP contribution in [-0.2, 0) is 47.7 Å². The number of hydrogen-bond donors (Lipinski definition) is 0. The molecule has 2 aliphatic heterocycles. The number of fused-ring (bicyclic) bond motifs is 3. The minimum atomic E-state index is -1.45. The first-order chi connectivity index (χ1) is 24.8. The summed E-state index contributed by atoms with van der Waals surface area (Å²) in [6, 6.07) is 1.24. The first-order valence-electron chi connectivity index (χ1n) is 18.4. The Balaban J connectivity index is 2.28. The first kappa shape index (κ1) is 43.2. The molecular formula is C39H56O14. The van der Waals surface area contributed by atoms with E-state index in [0.29, 0.717) is 0 Å². The Morgan fingerprint density at radius 2 is 1.11 bits per heavy atom. The zero-order valence-corrected chi connectivity index (χ0v) is 32.8. The molecule has 53 heavy (non-hydrogen) atoms. The molecule has 0 amide bonds. The van der Waals surface area contributed by atoms with E-state index in [2.05, 4.69) is 0 Å². The molecule has 14 heteroatoms. The topological polar surface area (TPSA) is 176 Å². The van der Waals surface area contributed by atoms with Crippen molar-refractivity contribution in [1.29, 1.82) is 0 Å². The van der Waals surface area contributed by atoms with Gasteiger partial charge in [0.25, 0.3) is 0 Å². The lowest BCUT2D eigenvalue weighted by molar-refractivity contribution is -0.253. The van der Waals surface area contributed by atoms with Gasteiger partial charge in [-0.3, -0.25) is 24.0 Å². The summed E-state index contributed by atoms with van der Waals surface area (Å²) in [6.45, 7) is 17.8. The van der Waals surface area contributed by atoms with Crippen LogP contribution in [0.1, 0.15) is 123 Å². The summed E-state index contributed by atoms with van der Waals surface area (Å²) in [5.74, 6) is -5.15. The van der Waals surface area contributed by atoms with Crippen molar-refractivity contribution in [3.63, 3.8) is 0 Å². The number of hydrogen-bond acceptors (Lipinski definition) is 14. The van der Waals surface area contributed by atoms with Gasteiger partial charge in [-0.15, -0.1) is 0 Å². The van der Waals surface area contributed by atoms with Crippen molar-refractivity contribution >= 4 is 35.8 Å². The van der Waals surface area contributed by atoms with Crippen LogP contribution < -0.4 is 14.2 Å². The number of ether oxygens (including phenoxy) is 8. The summed E-state index contributed by atoms with van der Waals surface area (Å²) in [5.41, 5.74) is -0.191. The van der Waals surface area contributed by atoms with Gasteiger partial charge in [0, 0.05) is 37.7 Å². The predicted molar refractivity (Wildman–Crippen MR) is 189 cm³/mol. The molecule has 0 saturated carbocycles. The van der Waals surface area contributed by atoms with Crippen LogP contribution in [0.15, 0.2) is 6.07 Å². The third-order valence-electron chi connectivity index (χ3n) is 8.08. The van der Waals surface area contributed by atoms with Crippen molar-refractivity contribution < 1.29 is 66.7 Å². The second-order valence-corrected chi connectivity index (χ2v) is 15.7. The van der Waals surface area contributed by atoms with E-state index in [4.69, 9.17) is 37.9 Å². The van der Waals surface area contributed by atoms with E-state index in [-0.39, 0.29) is 90.1 Å². The van der Waals surface area contributed by atoms with Gasteiger partial charge in [-0.1, -0.05) is 69.2 Å². The summed E-state index contributed by atoms with van der Waals surface area (Å²) >= 11 is 0. The fraction of sp³-hybridized carbons (Fsp3) is 0.692. The highest BCUT2D eigenvalue weighted by Gasteiger charge is 2.57. The van der Waals surface area contributed by atoms with Crippen molar-refractivity contribution in [3.8, 4) is 17.2 Å².